The average Bonchev–Trinajstić information content (AvgIpc) is 2.76. The highest BCUT2D eigenvalue weighted by Crippen LogP contribution is 2.22. The molecule has 3 nitrogen and oxygen atoms in total. The molecule has 2 atom stereocenters. The summed E-state index contributed by atoms with van der Waals surface area (Å²) in [6.45, 7) is 6.88. The van der Waals surface area contributed by atoms with Crippen LogP contribution in [0.25, 0.3) is 0 Å². The molecular formula is C14H25N3S. The van der Waals surface area contributed by atoms with Crippen LogP contribution in [0.4, 0.5) is 0 Å². The molecule has 2 unspecified atom stereocenters. The molecular weight excluding hydrogens is 242 g/mol. The lowest BCUT2D eigenvalue weighted by molar-refractivity contribution is 0.340. The maximum atomic E-state index is 4.54. The lowest BCUT2D eigenvalue weighted by atomic mass is 10.1. The highest BCUT2D eigenvalue weighted by atomic mass is 32.1. The van der Waals surface area contributed by atoms with Crippen LogP contribution in [0.1, 0.15) is 49.0 Å². The van der Waals surface area contributed by atoms with Crippen LogP contribution in [0.15, 0.2) is 6.20 Å². The van der Waals surface area contributed by atoms with E-state index in [2.05, 4.69) is 36.1 Å². The first-order valence-corrected chi connectivity index (χ1v) is 7.90. The van der Waals surface area contributed by atoms with Crippen molar-refractivity contribution < 1.29 is 0 Å². The standard InChI is InChI=1S/C14H25N3S/c1-4-13-10-15-14(18-13)11(2)16-12-6-5-8-17(3)9-7-12/h10-12,16H,4-9H2,1-3H3. The fourth-order valence-corrected chi connectivity index (χ4v) is 3.39. The fourth-order valence-electron chi connectivity index (χ4n) is 2.52. The van der Waals surface area contributed by atoms with Crippen LogP contribution >= 0.6 is 11.3 Å². The quantitative estimate of drug-likeness (QED) is 0.909. The SMILES string of the molecule is CCc1cnc(C(C)NC2CCCN(C)CC2)s1. The predicted octanol–water partition coefficient (Wildman–Crippen LogP) is 2.84. The highest BCUT2D eigenvalue weighted by molar-refractivity contribution is 7.11. The van der Waals surface area contributed by atoms with Crippen LogP contribution in [0, 0.1) is 0 Å². The minimum Gasteiger partial charge on any atom is -0.306 e. The number of aromatic nitrogens is 1. The molecule has 0 radical (unpaired) electrons. The van der Waals surface area contributed by atoms with Gasteiger partial charge in [-0.2, -0.15) is 0 Å². The molecule has 1 fully saturated rings. The summed E-state index contributed by atoms with van der Waals surface area (Å²) in [5.74, 6) is 0. The van der Waals surface area contributed by atoms with Gasteiger partial charge in [-0.25, -0.2) is 4.98 Å². The van der Waals surface area contributed by atoms with E-state index in [1.54, 1.807) is 0 Å². The molecule has 1 aliphatic rings. The first-order chi connectivity index (χ1) is 8.69. The summed E-state index contributed by atoms with van der Waals surface area (Å²) in [5, 5.41) is 4.99. The van der Waals surface area contributed by atoms with Crippen LogP contribution in [-0.4, -0.2) is 36.1 Å². The second kappa shape index (κ2) is 6.64. The van der Waals surface area contributed by atoms with Crippen molar-refractivity contribution in [3.8, 4) is 0 Å². The zero-order valence-electron chi connectivity index (χ0n) is 11.8. The molecule has 2 heterocycles. The zero-order valence-corrected chi connectivity index (χ0v) is 12.6. The Balaban J connectivity index is 1.88. The minimum absolute atomic E-state index is 0.392. The summed E-state index contributed by atoms with van der Waals surface area (Å²) in [6, 6.07) is 1.04. The Labute approximate surface area is 115 Å². The fraction of sp³-hybridized carbons (Fsp3) is 0.786. The van der Waals surface area contributed by atoms with E-state index in [-0.39, 0.29) is 0 Å². The van der Waals surface area contributed by atoms with Gasteiger partial charge in [-0.3, -0.25) is 0 Å². The Morgan fingerprint density at radius 2 is 2.33 bits per heavy atom. The number of hydrogen-bond acceptors (Lipinski definition) is 4. The number of nitrogens with one attached hydrogen (secondary N) is 1. The Hall–Kier alpha value is -0.450. The molecule has 1 aromatic heterocycles. The monoisotopic (exact) mass is 267 g/mol. The topological polar surface area (TPSA) is 28.2 Å². The average molecular weight is 267 g/mol. The van der Waals surface area contributed by atoms with Gasteiger partial charge < -0.3 is 10.2 Å². The molecule has 1 N–H and O–H groups in total. The lowest BCUT2D eigenvalue weighted by Crippen LogP contribution is -2.32. The van der Waals surface area contributed by atoms with Gasteiger partial charge in [0.05, 0.1) is 6.04 Å². The van der Waals surface area contributed by atoms with Gasteiger partial charge in [0.2, 0.25) is 0 Å². The minimum atomic E-state index is 0.392. The number of rotatable bonds is 4. The van der Waals surface area contributed by atoms with Gasteiger partial charge in [-0.15, -0.1) is 11.3 Å². The number of aryl methyl sites for hydroxylation is 1. The first-order valence-electron chi connectivity index (χ1n) is 7.08. The second-order valence-electron chi connectivity index (χ2n) is 5.34. The van der Waals surface area contributed by atoms with Crippen molar-refractivity contribution in [2.75, 3.05) is 20.1 Å². The molecule has 0 spiro atoms. The number of likely N-dealkylation sites (tertiary alicyclic amines) is 1. The van der Waals surface area contributed by atoms with Crippen molar-refractivity contribution in [1.82, 2.24) is 15.2 Å². The van der Waals surface area contributed by atoms with E-state index in [9.17, 15) is 0 Å². The second-order valence-corrected chi connectivity index (χ2v) is 6.48. The maximum Gasteiger partial charge on any atom is 0.109 e. The Morgan fingerprint density at radius 1 is 1.50 bits per heavy atom. The van der Waals surface area contributed by atoms with Crippen molar-refractivity contribution in [2.45, 2.75) is 51.6 Å². The zero-order chi connectivity index (χ0) is 13.0. The highest BCUT2D eigenvalue weighted by Gasteiger charge is 2.18. The molecule has 0 amide bonds. The van der Waals surface area contributed by atoms with Crippen LogP contribution in [0.3, 0.4) is 0 Å². The Kier molecular flexibility index (Phi) is 5.15. The van der Waals surface area contributed by atoms with Gasteiger partial charge in [0.25, 0.3) is 0 Å². The number of thiazole rings is 1. The first kappa shape index (κ1) is 14.0. The van der Waals surface area contributed by atoms with Gasteiger partial charge in [-0.05, 0) is 52.7 Å². The van der Waals surface area contributed by atoms with Gasteiger partial charge >= 0.3 is 0 Å². The maximum absolute atomic E-state index is 4.54. The van der Waals surface area contributed by atoms with Crippen LogP contribution in [0.2, 0.25) is 0 Å². The Morgan fingerprint density at radius 3 is 3.06 bits per heavy atom. The van der Waals surface area contributed by atoms with E-state index < -0.39 is 0 Å². The largest absolute Gasteiger partial charge is 0.306 e. The van der Waals surface area contributed by atoms with Crippen molar-refractivity contribution in [1.29, 1.82) is 0 Å². The van der Waals surface area contributed by atoms with E-state index in [0.717, 1.165) is 6.42 Å². The van der Waals surface area contributed by atoms with Crippen molar-refractivity contribution >= 4 is 11.3 Å². The van der Waals surface area contributed by atoms with Gasteiger partial charge in [0.15, 0.2) is 0 Å². The van der Waals surface area contributed by atoms with E-state index in [0.29, 0.717) is 12.1 Å². The summed E-state index contributed by atoms with van der Waals surface area (Å²) in [7, 11) is 2.22. The predicted molar refractivity (Wildman–Crippen MR) is 78.2 cm³/mol. The molecule has 0 aromatic carbocycles. The molecule has 2 rings (SSSR count). The van der Waals surface area contributed by atoms with E-state index >= 15 is 0 Å². The normalized spacial score (nSPS) is 23.8. The summed E-state index contributed by atoms with van der Waals surface area (Å²) < 4.78 is 0. The molecule has 102 valence electrons. The molecule has 1 aliphatic heterocycles. The van der Waals surface area contributed by atoms with Crippen molar-refractivity contribution in [2.24, 2.45) is 0 Å². The summed E-state index contributed by atoms with van der Waals surface area (Å²) >= 11 is 1.85. The molecule has 0 bridgehead atoms. The summed E-state index contributed by atoms with van der Waals surface area (Å²) in [4.78, 5) is 8.36. The number of nitrogens with zero attached hydrogens (tertiary/aromatic N) is 2. The van der Waals surface area contributed by atoms with Crippen molar-refractivity contribution in [3.05, 3.63) is 16.1 Å². The van der Waals surface area contributed by atoms with Crippen molar-refractivity contribution in [3.63, 3.8) is 0 Å². The van der Waals surface area contributed by atoms with Crippen LogP contribution in [-0.2, 0) is 6.42 Å². The van der Waals surface area contributed by atoms with E-state index in [4.69, 9.17) is 0 Å². The molecule has 1 saturated heterocycles. The van der Waals surface area contributed by atoms with Gasteiger partial charge in [-0.1, -0.05) is 6.92 Å². The molecule has 18 heavy (non-hydrogen) atoms. The summed E-state index contributed by atoms with van der Waals surface area (Å²) in [5.41, 5.74) is 0. The van der Waals surface area contributed by atoms with Gasteiger partial charge in [0.1, 0.15) is 5.01 Å². The van der Waals surface area contributed by atoms with Crippen LogP contribution < -0.4 is 5.32 Å². The van der Waals surface area contributed by atoms with Gasteiger partial charge in [0, 0.05) is 17.1 Å². The number of hydrogen-bond donors (Lipinski definition) is 1. The summed E-state index contributed by atoms with van der Waals surface area (Å²) in [6.07, 6.45) is 6.98. The Bertz CT molecular complexity index is 364. The third-order valence-electron chi connectivity index (χ3n) is 3.73. The lowest BCUT2D eigenvalue weighted by Gasteiger charge is -2.20. The van der Waals surface area contributed by atoms with Crippen LogP contribution in [0.5, 0.6) is 0 Å². The van der Waals surface area contributed by atoms with E-state index in [1.807, 2.05) is 17.5 Å². The smallest absolute Gasteiger partial charge is 0.109 e. The third kappa shape index (κ3) is 3.77. The molecule has 1 aromatic rings. The molecule has 0 saturated carbocycles. The molecule has 4 heteroatoms. The third-order valence-corrected chi connectivity index (χ3v) is 5.05. The van der Waals surface area contributed by atoms with E-state index in [1.165, 1.54) is 42.2 Å². The molecule has 0 aliphatic carbocycles.